The van der Waals surface area contributed by atoms with Crippen LogP contribution in [0.5, 0.6) is 11.5 Å². The van der Waals surface area contributed by atoms with Crippen LogP contribution in [0, 0.1) is 0 Å². The van der Waals surface area contributed by atoms with E-state index in [1.54, 1.807) is 12.1 Å². The number of hydrogen-bond donors (Lipinski definition) is 2. The van der Waals surface area contributed by atoms with Crippen LogP contribution in [-0.2, 0) is 0 Å². The molecule has 1 atom stereocenters. The lowest BCUT2D eigenvalue weighted by Crippen LogP contribution is -2.10. The number of halogens is 1. The Morgan fingerprint density at radius 1 is 1.58 bits per heavy atom. The van der Waals surface area contributed by atoms with Gasteiger partial charge >= 0.3 is 0 Å². The molecule has 0 bridgehead atoms. The van der Waals surface area contributed by atoms with Crippen molar-refractivity contribution in [2.75, 3.05) is 6.61 Å². The molecule has 0 amide bonds. The molecule has 0 saturated heterocycles. The van der Waals surface area contributed by atoms with E-state index in [0.717, 1.165) is 5.56 Å². The molecule has 1 aliphatic rings. The van der Waals surface area contributed by atoms with E-state index in [-0.39, 0.29) is 11.8 Å². The van der Waals surface area contributed by atoms with E-state index in [2.05, 4.69) is 0 Å². The van der Waals surface area contributed by atoms with Crippen molar-refractivity contribution in [1.82, 2.24) is 0 Å². The first-order chi connectivity index (χ1) is 5.68. The molecule has 0 saturated carbocycles. The van der Waals surface area contributed by atoms with Gasteiger partial charge in [-0.05, 0) is 6.07 Å². The van der Waals surface area contributed by atoms with Crippen LogP contribution in [0.2, 0.25) is 5.02 Å². The van der Waals surface area contributed by atoms with Crippen LogP contribution in [0.15, 0.2) is 12.1 Å². The van der Waals surface area contributed by atoms with Gasteiger partial charge in [0.05, 0.1) is 11.1 Å². The summed E-state index contributed by atoms with van der Waals surface area (Å²) in [5, 5.41) is 9.55. The SMILES string of the molecule is N[C@H]1COc2cc(Cl)c(O)cc21. The zero-order valence-corrected chi connectivity index (χ0v) is 7.01. The number of benzene rings is 1. The molecule has 0 radical (unpaired) electrons. The van der Waals surface area contributed by atoms with Crippen molar-refractivity contribution in [1.29, 1.82) is 0 Å². The van der Waals surface area contributed by atoms with E-state index in [1.165, 1.54) is 0 Å². The molecule has 0 spiro atoms. The molecule has 1 aromatic rings. The van der Waals surface area contributed by atoms with Gasteiger partial charge in [-0.15, -0.1) is 0 Å². The molecule has 1 aromatic carbocycles. The molecule has 0 unspecified atom stereocenters. The molecule has 1 heterocycles. The Bertz CT molecular complexity index is 327. The summed E-state index contributed by atoms with van der Waals surface area (Å²) in [5.41, 5.74) is 6.50. The summed E-state index contributed by atoms with van der Waals surface area (Å²) in [5.74, 6) is 0.724. The van der Waals surface area contributed by atoms with Gasteiger partial charge in [0.15, 0.2) is 0 Å². The van der Waals surface area contributed by atoms with Crippen LogP contribution in [0.1, 0.15) is 11.6 Å². The zero-order chi connectivity index (χ0) is 8.72. The maximum atomic E-state index is 9.26. The molecule has 1 aliphatic heterocycles. The second kappa shape index (κ2) is 2.54. The third-order valence-electron chi connectivity index (χ3n) is 1.90. The van der Waals surface area contributed by atoms with Crippen molar-refractivity contribution in [3.05, 3.63) is 22.7 Å². The number of phenolic OH excluding ortho intramolecular Hbond substituents is 1. The summed E-state index contributed by atoms with van der Waals surface area (Å²) >= 11 is 5.67. The van der Waals surface area contributed by atoms with Crippen LogP contribution in [-0.4, -0.2) is 11.7 Å². The predicted molar refractivity (Wildman–Crippen MR) is 45.5 cm³/mol. The van der Waals surface area contributed by atoms with Crippen molar-refractivity contribution in [2.24, 2.45) is 5.73 Å². The molecule has 12 heavy (non-hydrogen) atoms. The highest BCUT2D eigenvalue weighted by Gasteiger charge is 2.22. The zero-order valence-electron chi connectivity index (χ0n) is 6.25. The van der Waals surface area contributed by atoms with E-state index in [9.17, 15) is 5.11 Å². The molecule has 2 rings (SSSR count). The number of nitrogens with two attached hydrogens (primary N) is 1. The number of hydrogen-bond acceptors (Lipinski definition) is 3. The lowest BCUT2D eigenvalue weighted by molar-refractivity contribution is 0.333. The first-order valence-electron chi connectivity index (χ1n) is 3.59. The molecular formula is C8H8ClNO2. The van der Waals surface area contributed by atoms with Crippen molar-refractivity contribution in [2.45, 2.75) is 6.04 Å². The van der Waals surface area contributed by atoms with Crippen LogP contribution in [0.4, 0.5) is 0 Å². The molecule has 64 valence electrons. The van der Waals surface area contributed by atoms with E-state index in [0.29, 0.717) is 17.4 Å². The Kier molecular flexibility index (Phi) is 1.63. The summed E-state index contributed by atoms with van der Waals surface area (Å²) < 4.78 is 5.23. The van der Waals surface area contributed by atoms with Crippen LogP contribution in [0.3, 0.4) is 0 Å². The summed E-state index contributed by atoms with van der Waals surface area (Å²) in [6, 6.07) is 2.98. The Hall–Kier alpha value is -0.930. The quantitative estimate of drug-likeness (QED) is 0.643. The molecule has 0 fully saturated rings. The average Bonchev–Trinajstić information content (AvgIpc) is 2.35. The summed E-state index contributed by atoms with van der Waals surface area (Å²) in [4.78, 5) is 0. The van der Waals surface area contributed by atoms with Gasteiger partial charge in [-0.25, -0.2) is 0 Å². The van der Waals surface area contributed by atoms with Gasteiger partial charge in [-0.3, -0.25) is 0 Å². The van der Waals surface area contributed by atoms with Crippen LogP contribution >= 0.6 is 11.6 Å². The molecule has 4 heteroatoms. The van der Waals surface area contributed by atoms with E-state index in [1.807, 2.05) is 0 Å². The number of ether oxygens (including phenoxy) is 1. The van der Waals surface area contributed by atoms with Crippen molar-refractivity contribution in [3.63, 3.8) is 0 Å². The monoisotopic (exact) mass is 185 g/mol. The minimum atomic E-state index is -0.150. The minimum absolute atomic E-state index is 0.0522. The number of fused-ring (bicyclic) bond motifs is 1. The maximum absolute atomic E-state index is 9.26. The molecular weight excluding hydrogens is 178 g/mol. The highest BCUT2D eigenvalue weighted by Crippen LogP contribution is 2.37. The molecule has 3 nitrogen and oxygen atoms in total. The van der Waals surface area contributed by atoms with Crippen LogP contribution in [0.25, 0.3) is 0 Å². The summed E-state index contributed by atoms with van der Waals surface area (Å²) in [6.07, 6.45) is 0. The Morgan fingerprint density at radius 2 is 2.33 bits per heavy atom. The first-order valence-corrected chi connectivity index (χ1v) is 3.97. The van der Waals surface area contributed by atoms with Crippen molar-refractivity contribution < 1.29 is 9.84 Å². The third kappa shape index (κ3) is 1.02. The number of phenols is 1. The average molecular weight is 186 g/mol. The highest BCUT2D eigenvalue weighted by atomic mass is 35.5. The Labute approximate surface area is 74.7 Å². The minimum Gasteiger partial charge on any atom is -0.506 e. The van der Waals surface area contributed by atoms with Gasteiger partial charge < -0.3 is 15.6 Å². The van der Waals surface area contributed by atoms with Gasteiger partial charge in [0.2, 0.25) is 0 Å². The first kappa shape index (κ1) is 7.71. The molecule has 3 N–H and O–H groups in total. The van der Waals surface area contributed by atoms with Gasteiger partial charge in [-0.2, -0.15) is 0 Å². The van der Waals surface area contributed by atoms with Crippen LogP contribution < -0.4 is 10.5 Å². The second-order valence-corrected chi connectivity index (χ2v) is 3.17. The number of rotatable bonds is 0. The van der Waals surface area contributed by atoms with E-state index < -0.39 is 0 Å². The fourth-order valence-corrected chi connectivity index (χ4v) is 1.40. The summed E-state index contributed by atoms with van der Waals surface area (Å²) in [7, 11) is 0. The van der Waals surface area contributed by atoms with Crippen molar-refractivity contribution in [3.8, 4) is 11.5 Å². The van der Waals surface area contributed by atoms with Crippen molar-refractivity contribution >= 4 is 11.6 Å². The van der Waals surface area contributed by atoms with Gasteiger partial charge in [0.1, 0.15) is 18.1 Å². The van der Waals surface area contributed by atoms with Gasteiger partial charge in [0, 0.05) is 11.6 Å². The fraction of sp³-hybridized carbons (Fsp3) is 0.250. The van der Waals surface area contributed by atoms with Gasteiger partial charge in [-0.1, -0.05) is 11.6 Å². The molecule has 0 aliphatic carbocycles. The van der Waals surface area contributed by atoms with E-state index in [4.69, 9.17) is 22.1 Å². The van der Waals surface area contributed by atoms with Gasteiger partial charge in [0.25, 0.3) is 0 Å². The topological polar surface area (TPSA) is 55.5 Å². The second-order valence-electron chi connectivity index (χ2n) is 2.76. The Morgan fingerprint density at radius 3 is 3.08 bits per heavy atom. The third-order valence-corrected chi connectivity index (χ3v) is 2.20. The lowest BCUT2D eigenvalue weighted by Gasteiger charge is -2.02. The predicted octanol–water partition coefficient (Wildman–Crippen LogP) is 1.44. The standard InChI is InChI=1S/C8H8ClNO2/c9-5-2-8-4(1-7(5)11)6(10)3-12-8/h1-2,6,11H,3,10H2/t6-/m0/s1. The summed E-state index contributed by atoms with van der Waals surface area (Å²) in [6.45, 7) is 0.453. The normalized spacial score (nSPS) is 20.3. The Balaban J connectivity index is 2.56. The largest absolute Gasteiger partial charge is 0.506 e. The molecule has 0 aromatic heterocycles. The lowest BCUT2D eigenvalue weighted by atomic mass is 10.1. The smallest absolute Gasteiger partial charge is 0.134 e. The fourth-order valence-electron chi connectivity index (χ4n) is 1.24. The van der Waals surface area contributed by atoms with E-state index >= 15 is 0 Å². The highest BCUT2D eigenvalue weighted by molar-refractivity contribution is 6.32. The maximum Gasteiger partial charge on any atom is 0.134 e. The number of aromatic hydroxyl groups is 1.